The number of nitrogens with one attached hydrogen (secondary N) is 1. The average molecular weight is 265 g/mol. The number of nitrogens with zero attached hydrogens (tertiary/aromatic N) is 1. The summed E-state index contributed by atoms with van der Waals surface area (Å²) in [6, 6.07) is 5.84. The van der Waals surface area contributed by atoms with Gasteiger partial charge in [-0.1, -0.05) is 16.9 Å². The summed E-state index contributed by atoms with van der Waals surface area (Å²) in [5.41, 5.74) is 0. The van der Waals surface area contributed by atoms with Crippen molar-refractivity contribution in [2.75, 3.05) is 12.9 Å². The smallest absolute Gasteiger partial charge is 0.180 e. The van der Waals surface area contributed by atoms with Gasteiger partial charge in [0.25, 0.3) is 0 Å². The highest BCUT2D eigenvalue weighted by atomic mass is 35.5. The van der Waals surface area contributed by atoms with Crippen LogP contribution >= 0.6 is 34.0 Å². The number of rotatable bonds is 5. The second-order valence-electron chi connectivity index (χ2n) is 2.45. The molecular formula is C9H13ClN2OS2. The maximum Gasteiger partial charge on any atom is 0.180 e. The summed E-state index contributed by atoms with van der Waals surface area (Å²) in [5.74, 6) is 1.20. The molecule has 0 radical (unpaired) electrons. The van der Waals surface area contributed by atoms with Crippen LogP contribution in [0.25, 0.3) is 0 Å². The van der Waals surface area contributed by atoms with Crippen molar-refractivity contribution in [2.45, 2.75) is 11.4 Å². The molecule has 0 aromatic carbocycles. The molecule has 3 nitrogen and oxygen atoms in total. The molecule has 0 aliphatic carbocycles. The molecule has 0 saturated heterocycles. The number of halogens is 1. The first kappa shape index (κ1) is 14.6. The van der Waals surface area contributed by atoms with Crippen molar-refractivity contribution in [1.29, 1.82) is 5.41 Å². The van der Waals surface area contributed by atoms with Gasteiger partial charge in [0.05, 0.1) is 7.11 Å². The topological polar surface area (TPSA) is 46.0 Å². The molecule has 1 rings (SSSR count). The van der Waals surface area contributed by atoms with Gasteiger partial charge in [-0.3, -0.25) is 5.41 Å². The molecule has 0 bridgehead atoms. The number of hydrogen-bond acceptors (Lipinski definition) is 5. The van der Waals surface area contributed by atoms with Crippen molar-refractivity contribution >= 4 is 39.9 Å². The Bertz CT molecular complexity index is 285. The first-order valence-electron chi connectivity index (χ1n) is 4.15. The zero-order valence-corrected chi connectivity index (χ0v) is 10.8. The summed E-state index contributed by atoms with van der Waals surface area (Å²) >= 11 is 0. The first-order chi connectivity index (χ1) is 6.83. The molecule has 1 heterocycles. The van der Waals surface area contributed by atoms with Crippen LogP contribution in [0.3, 0.4) is 0 Å². The molecule has 0 amide bonds. The highest BCUT2D eigenvalue weighted by Crippen LogP contribution is 2.29. The van der Waals surface area contributed by atoms with Crippen molar-refractivity contribution in [2.24, 2.45) is 0 Å². The van der Waals surface area contributed by atoms with E-state index in [9.17, 15) is 0 Å². The van der Waals surface area contributed by atoms with Crippen LogP contribution in [0.5, 0.6) is 0 Å². The second kappa shape index (κ2) is 8.88. The third-order valence-corrected chi connectivity index (χ3v) is 3.71. The predicted molar refractivity (Wildman–Crippen MR) is 69.2 cm³/mol. The maximum absolute atomic E-state index is 7.26. The van der Waals surface area contributed by atoms with Crippen LogP contribution in [0.2, 0.25) is 0 Å². The fraction of sp³-hybridized carbons (Fsp3) is 0.333. The molecule has 0 saturated carbocycles. The van der Waals surface area contributed by atoms with E-state index >= 15 is 0 Å². The number of pyridine rings is 1. The summed E-state index contributed by atoms with van der Waals surface area (Å²) in [5, 5.41) is 8.26. The van der Waals surface area contributed by atoms with Crippen LogP contribution in [-0.2, 0) is 4.74 Å². The number of methoxy groups -OCH3 is 1. The fourth-order valence-corrected chi connectivity index (χ4v) is 2.60. The third-order valence-electron chi connectivity index (χ3n) is 1.44. The van der Waals surface area contributed by atoms with E-state index in [1.807, 2.05) is 18.2 Å². The summed E-state index contributed by atoms with van der Waals surface area (Å²) in [7, 11) is 4.84. The highest BCUT2D eigenvalue weighted by molar-refractivity contribution is 8.76. The monoisotopic (exact) mass is 264 g/mol. The Labute approximate surface area is 104 Å². The van der Waals surface area contributed by atoms with E-state index in [2.05, 4.69) is 4.98 Å². The van der Waals surface area contributed by atoms with E-state index in [-0.39, 0.29) is 12.4 Å². The highest BCUT2D eigenvalue weighted by Gasteiger charge is 1.97. The zero-order valence-electron chi connectivity index (χ0n) is 8.30. The van der Waals surface area contributed by atoms with E-state index in [1.165, 1.54) is 7.11 Å². The summed E-state index contributed by atoms with van der Waals surface area (Å²) < 4.78 is 4.75. The molecule has 1 aromatic rings. The molecule has 1 aromatic heterocycles. The average Bonchev–Trinajstić information content (AvgIpc) is 2.25. The van der Waals surface area contributed by atoms with Gasteiger partial charge in [-0.25, -0.2) is 4.98 Å². The molecule has 0 aliphatic rings. The largest absolute Gasteiger partial charge is 0.484 e. The van der Waals surface area contributed by atoms with Crippen LogP contribution in [0.1, 0.15) is 6.42 Å². The summed E-state index contributed by atoms with van der Waals surface area (Å²) in [4.78, 5) is 4.17. The lowest BCUT2D eigenvalue weighted by Crippen LogP contribution is -1.99. The predicted octanol–water partition coefficient (Wildman–Crippen LogP) is 3.26. The zero-order chi connectivity index (χ0) is 10.2. The van der Waals surface area contributed by atoms with Crippen LogP contribution in [0, 0.1) is 5.41 Å². The van der Waals surface area contributed by atoms with Crippen LogP contribution in [0.15, 0.2) is 29.4 Å². The quantitative estimate of drug-likeness (QED) is 0.384. The lowest BCUT2D eigenvalue weighted by molar-refractivity contribution is 0.389. The van der Waals surface area contributed by atoms with Gasteiger partial charge < -0.3 is 4.74 Å². The normalized spacial score (nSPS) is 9.13. The lowest BCUT2D eigenvalue weighted by atomic mass is 10.5. The Balaban J connectivity index is 0.00000196. The third kappa shape index (κ3) is 6.65. The van der Waals surface area contributed by atoms with Gasteiger partial charge in [0, 0.05) is 18.4 Å². The van der Waals surface area contributed by atoms with Crippen molar-refractivity contribution in [3.05, 3.63) is 24.4 Å². The van der Waals surface area contributed by atoms with E-state index in [0.29, 0.717) is 12.3 Å². The molecule has 0 unspecified atom stereocenters. The van der Waals surface area contributed by atoms with Gasteiger partial charge >= 0.3 is 0 Å². The number of aromatic nitrogens is 1. The number of ether oxygens (including phenoxy) is 1. The molecule has 1 N–H and O–H groups in total. The Kier molecular flexibility index (Phi) is 8.65. The van der Waals surface area contributed by atoms with E-state index in [0.717, 1.165) is 10.8 Å². The Morgan fingerprint density at radius 3 is 2.93 bits per heavy atom. The Morgan fingerprint density at radius 2 is 2.33 bits per heavy atom. The minimum Gasteiger partial charge on any atom is -0.484 e. The molecule has 0 fully saturated rings. The minimum atomic E-state index is 0. The molecule has 6 heteroatoms. The molecule has 84 valence electrons. The second-order valence-corrected chi connectivity index (χ2v) is 4.89. The summed E-state index contributed by atoms with van der Waals surface area (Å²) in [6.45, 7) is 0. The van der Waals surface area contributed by atoms with Crippen molar-refractivity contribution < 1.29 is 4.74 Å². The van der Waals surface area contributed by atoms with Gasteiger partial charge in [-0.15, -0.1) is 12.4 Å². The van der Waals surface area contributed by atoms with Crippen molar-refractivity contribution in [3.63, 3.8) is 0 Å². The van der Waals surface area contributed by atoms with E-state index in [1.54, 1.807) is 27.8 Å². The SMILES string of the molecule is COC(=N)CCSSc1ccccn1.Cl. The molecule has 0 atom stereocenters. The molecule has 0 aliphatic heterocycles. The van der Waals surface area contributed by atoms with Crippen LogP contribution < -0.4 is 0 Å². The lowest BCUT2D eigenvalue weighted by Gasteiger charge is -2.01. The van der Waals surface area contributed by atoms with Gasteiger partial charge in [-0.2, -0.15) is 0 Å². The Hall–Kier alpha value is -0.390. The van der Waals surface area contributed by atoms with Gasteiger partial charge in [-0.05, 0) is 22.9 Å². The minimum absolute atomic E-state index is 0. The fourth-order valence-electron chi connectivity index (χ4n) is 0.735. The first-order valence-corrected chi connectivity index (χ1v) is 6.46. The molecule has 0 spiro atoms. The van der Waals surface area contributed by atoms with Crippen molar-refractivity contribution in [1.82, 2.24) is 4.98 Å². The van der Waals surface area contributed by atoms with Crippen molar-refractivity contribution in [3.8, 4) is 0 Å². The standard InChI is InChI=1S/C9H12N2OS2.ClH/c1-12-8(10)5-7-13-14-9-4-2-3-6-11-9;/h2-4,6,10H,5,7H2,1H3;1H. The molecular weight excluding hydrogens is 252 g/mol. The Morgan fingerprint density at radius 1 is 1.53 bits per heavy atom. The summed E-state index contributed by atoms with van der Waals surface area (Å²) in [6.07, 6.45) is 2.45. The van der Waals surface area contributed by atoms with Gasteiger partial charge in [0.1, 0.15) is 5.03 Å². The van der Waals surface area contributed by atoms with Crippen LogP contribution in [-0.4, -0.2) is 23.7 Å². The molecule has 15 heavy (non-hydrogen) atoms. The number of hydrogen-bond donors (Lipinski definition) is 1. The van der Waals surface area contributed by atoms with E-state index in [4.69, 9.17) is 10.1 Å². The van der Waals surface area contributed by atoms with Crippen LogP contribution in [0.4, 0.5) is 0 Å². The van der Waals surface area contributed by atoms with Gasteiger partial charge in [0.2, 0.25) is 0 Å². The maximum atomic E-state index is 7.26. The van der Waals surface area contributed by atoms with E-state index < -0.39 is 0 Å². The van der Waals surface area contributed by atoms with Gasteiger partial charge in [0.15, 0.2) is 5.90 Å².